The number of ether oxygens (including phenoxy) is 2. The lowest BCUT2D eigenvalue weighted by Gasteiger charge is -2.09. The number of benzene rings is 1. The van der Waals surface area contributed by atoms with Crippen LogP contribution in [0.2, 0.25) is 0 Å². The summed E-state index contributed by atoms with van der Waals surface area (Å²) in [6, 6.07) is 11.1. The van der Waals surface area contributed by atoms with Gasteiger partial charge in [-0.25, -0.2) is 4.79 Å². The molecule has 0 radical (unpaired) electrons. The molecule has 2 atom stereocenters. The molecule has 1 aliphatic rings. The number of rotatable bonds is 3. The van der Waals surface area contributed by atoms with Gasteiger partial charge >= 0.3 is 5.97 Å². The van der Waals surface area contributed by atoms with Crippen LogP contribution in [-0.2, 0) is 19.9 Å². The Bertz CT molecular complexity index is 479. The predicted octanol–water partition coefficient (Wildman–Crippen LogP) is 1.76. The molecule has 0 bridgehead atoms. The highest BCUT2D eigenvalue weighted by molar-refractivity contribution is 5.89. The minimum absolute atomic E-state index is 0.233. The van der Waals surface area contributed by atoms with Gasteiger partial charge in [0, 0.05) is 0 Å². The van der Waals surface area contributed by atoms with Gasteiger partial charge in [-0.3, -0.25) is 0 Å². The smallest absolute Gasteiger partial charge is 0.357 e. The van der Waals surface area contributed by atoms with Crippen LogP contribution >= 0.6 is 0 Å². The molecule has 1 aromatic rings. The summed E-state index contributed by atoms with van der Waals surface area (Å²) in [6.07, 6.45) is 0. The summed E-state index contributed by atoms with van der Waals surface area (Å²) in [4.78, 5) is 11.8. The highest BCUT2D eigenvalue weighted by Gasteiger charge is 2.75. The Morgan fingerprint density at radius 1 is 1.47 bits per heavy atom. The number of carbonyl (C=O) groups is 1. The third kappa shape index (κ3) is 1.51. The van der Waals surface area contributed by atoms with Crippen molar-refractivity contribution in [2.75, 3.05) is 6.61 Å². The van der Waals surface area contributed by atoms with Gasteiger partial charge in [-0.1, -0.05) is 30.3 Å². The zero-order valence-electron chi connectivity index (χ0n) is 9.77. The molecule has 17 heavy (non-hydrogen) atoms. The normalized spacial score (nSPS) is 30.4. The molecule has 1 aliphatic heterocycles. The second-order valence-electron chi connectivity index (χ2n) is 4.01. The van der Waals surface area contributed by atoms with Crippen molar-refractivity contribution in [3.63, 3.8) is 0 Å². The number of epoxide rings is 1. The summed E-state index contributed by atoms with van der Waals surface area (Å²) in [6.45, 7) is 3.66. The summed E-state index contributed by atoms with van der Waals surface area (Å²) in [5.41, 5.74) is -1.60. The van der Waals surface area contributed by atoms with E-state index in [4.69, 9.17) is 9.47 Å². The van der Waals surface area contributed by atoms with Crippen molar-refractivity contribution in [3.05, 3.63) is 35.9 Å². The maximum Gasteiger partial charge on any atom is 0.357 e. The summed E-state index contributed by atoms with van der Waals surface area (Å²) >= 11 is 0. The number of hydrogen-bond acceptors (Lipinski definition) is 4. The molecule has 1 heterocycles. The van der Waals surface area contributed by atoms with E-state index < -0.39 is 17.2 Å². The molecule has 0 N–H and O–H groups in total. The van der Waals surface area contributed by atoms with Crippen LogP contribution in [-0.4, -0.2) is 18.2 Å². The fourth-order valence-electron chi connectivity index (χ4n) is 1.94. The van der Waals surface area contributed by atoms with E-state index in [1.807, 2.05) is 36.4 Å². The van der Waals surface area contributed by atoms with Crippen LogP contribution in [0, 0.1) is 11.3 Å². The average Bonchev–Trinajstić information content (AvgIpc) is 3.00. The lowest BCUT2D eigenvalue weighted by molar-refractivity contribution is -0.147. The van der Waals surface area contributed by atoms with E-state index in [0.29, 0.717) is 0 Å². The van der Waals surface area contributed by atoms with Gasteiger partial charge < -0.3 is 9.47 Å². The van der Waals surface area contributed by atoms with E-state index in [2.05, 4.69) is 0 Å². The monoisotopic (exact) mass is 231 g/mol. The summed E-state index contributed by atoms with van der Waals surface area (Å²) in [5.74, 6) is -0.617. The molecule has 2 rings (SSSR count). The number of esters is 1. The second-order valence-corrected chi connectivity index (χ2v) is 4.01. The Morgan fingerprint density at radius 3 is 2.65 bits per heavy atom. The van der Waals surface area contributed by atoms with Gasteiger partial charge in [-0.05, 0) is 19.4 Å². The molecule has 0 saturated carbocycles. The van der Waals surface area contributed by atoms with Crippen molar-refractivity contribution in [1.82, 2.24) is 0 Å². The molecule has 1 saturated heterocycles. The fraction of sp³-hybridized carbons (Fsp3) is 0.385. The summed E-state index contributed by atoms with van der Waals surface area (Å²) < 4.78 is 10.3. The topological polar surface area (TPSA) is 62.6 Å². The number of nitriles is 1. The maximum absolute atomic E-state index is 11.8. The van der Waals surface area contributed by atoms with E-state index >= 15 is 0 Å². The van der Waals surface area contributed by atoms with Crippen molar-refractivity contribution < 1.29 is 14.3 Å². The summed E-state index contributed by atoms with van der Waals surface area (Å²) in [5, 5.41) is 9.17. The Balaban J connectivity index is 2.33. The van der Waals surface area contributed by atoms with Crippen LogP contribution in [0.3, 0.4) is 0 Å². The molecular weight excluding hydrogens is 218 g/mol. The van der Waals surface area contributed by atoms with E-state index in [1.54, 1.807) is 13.8 Å². The molecular formula is C13H13NO3. The molecule has 4 heteroatoms. The number of nitrogens with zero attached hydrogens (tertiary/aromatic N) is 1. The van der Waals surface area contributed by atoms with Crippen molar-refractivity contribution >= 4 is 5.97 Å². The van der Waals surface area contributed by atoms with Gasteiger partial charge in [-0.2, -0.15) is 5.26 Å². The van der Waals surface area contributed by atoms with Gasteiger partial charge in [0.1, 0.15) is 11.7 Å². The van der Waals surface area contributed by atoms with E-state index in [-0.39, 0.29) is 6.61 Å². The van der Waals surface area contributed by atoms with Gasteiger partial charge in [0.2, 0.25) is 0 Å². The van der Waals surface area contributed by atoms with Crippen molar-refractivity contribution in [2.24, 2.45) is 0 Å². The third-order valence-electron chi connectivity index (χ3n) is 3.03. The van der Waals surface area contributed by atoms with Crippen molar-refractivity contribution in [1.29, 1.82) is 5.26 Å². The van der Waals surface area contributed by atoms with E-state index in [0.717, 1.165) is 5.56 Å². The average molecular weight is 231 g/mol. The molecule has 4 nitrogen and oxygen atoms in total. The minimum Gasteiger partial charge on any atom is -0.463 e. The summed E-state index contributed by atoms with van der Waals surface area (Å²) in [7, 11) is 0. The largest absolute Gasteiger partial charge is 0.463 e. The van der Waals surface area contributed by atoms with Crippen molar-refractivity contribution in [3.8, 4) is 6.07 Å². The standard InChI is InChI=1S/C13H13NO3/c1-3-16-11(15)13(9-14)12(2,17-13)10-7-5-4-6-8-10/h4-8H,3H2,1-2H3. The van der Waals surface area contributed by atoms with Gasteiger partial charge in [0.05, 0.1) is 6.61 Å². The Labute approximate surface area is 99.8 Å². The van der Waals surface area contributed by atoms with Crippen LogP contribution in [0.15, 0.2) is 30.3 Å². The first-order chi connectivity index (χ1) is 8.10. The van der Waals surface area contributed by atoms with Gasteiger partial charge in [0.15, 0.2) is 0 Å². The number of hydrogen-bond donors (Lipinski definition) is 0. The van der Waals surface area contributed by atoms with E-state index in [9.17, 15) is 10.1 Å². The Kier molecular flexibility index (Phi) is 2.64. The maximum atomic E-state index is 11.8. The first kappa shape index (κ1) is 11.6. The Morgan fingerprint density at radius 2 is 2.12 bits per heavy atom. The SMILES string of the molecule is CCOC(=O)C1(C#N)OC1(C)c1ccccc1. The molecule has 0 aliphatic carbocycles. The van der Waals surface area contributed by atoms with Crippen LogP contribution in [0.1, 0.15) is 19.4 Å². The lowest BCUT2D eigenvalue weighted by atomic mass is 9.88. The van der Waals surface area contributed by atoms with Crippen LogP contribution in [0.5, 0.6) is 0 Å². The molecule has 88 valence electrons. The van der Waals surface area contributed by atoms with E-state index in [1.165, 1.54) is 0 Å². The minimum atomic E-state index is -1.50. The molecule has 1 fully saturated rings. The number of carbonyl (C=O) groups excluding carboxylic acids is 1. The van der Waals surface area contributed by atoms with Crippen LogP contribution < -0.4 is 0 Å². The van der Waals surface area contributed by atoms with Crippen LogP contribution in [0.25, 0.3) is 0 Å². The first-order valence-electron chi connectivity index (χ1n) is 5.45. The zero-order chi connectivity index (χ0) is 12.5. The molecule has 1 aromatic carbocycles. The fourth-order valence-corrected chi connectivity index (χ4v) is 1.94. The Hall–Kier alpha value is -1.86. The van der Waals surface area contributed by atoms with Crippen molar-refractivity contribution in [2.45, 2.75) is 25.0 Å². The molecule has 0 spiro atoms. The molecule has 0 amide bonds. The highest BCUT2D eigenvalue weighted by Crippen LogP contribution is 2.55. The molecule has 0 aromatic heterocycles. The van der Waals surface area contributed by atoms with Crippen LogP contribution in [0.4, 0.5) is 0 Å². The zero-order valence-corrected chi connectivity index (χ0v) is 9.77. The van der Waals surface area contributed by atoms with Gasteiger partial charge in [-0.15, -0.1) is 0 Å². The quantitative estimate of drug-likeness (QED) is 0.587. The second kappa shape index (κ2) is 3.86. The highest BCUT2D eigenvalue weighted by atomic mass is 16.7. The lowest BCUT2D eigenvalue weighted by Crippen LogP contribution is -2.31. The first-order valence-corrected chi connectivity index (χ1v) is 5.45. The predicted molar refractivity (Wildman–Crippen MR) is 59.9 cm³/mol. The molecule has 2 unspecified atom stereocenters. The third-order valence-corrected chi connectivity index (χ3v) is 3.03. The van der Waals surface area contributed by atoms with Gasteiger partial charge in [0.25, 0.3) is 5.60 Å².